The minimum atomic E-state index is -1.14. The van der Waals surface area contributed by atoms with Crippen LogP contribution in [0.1, 0.15) is 12.5 Å². The zero-order chi connectivity index (χ0) is 21.5. The summed E-state index contributed by atoms with van der Waals surface area (Å²) in [5.74, 6) is -1.50. The number of aromatic nitrogens is 2. The van der Waals surface area contributed by atoms with Gasteiger partial charge in [0.15, 0.2) is 0 Å². The van der Waals surface area contributed by atoms with E-state index in [0.717, 1.165) is 4.68 Å². The summed E-state index contributed by atoms with van der Waals surface area (Å²) in [7, 11) is 0. The Morgan fingerprint density at radius 1 is 1.23 bits per heavy atom. The Bertz CT molecular complexity index is 1240. The van der Waals surface area contributed by atoms with Crippen LogP contribution in [0.3, 0.4) is 0 Å². The zero-order valence-corrected chi connectivity index (χ0v) is 16.7. The van der Waals surface area contributed by atoms with E-state index in [1.807, 2.05) is 0 Å². The number of hydrogen-bond acceptors (Lipinski definition) is 4. The van der Waals surface area contributed by atoms with Gasteiger partial charge in [-0.25, -0.2) is 4.39 Å². The molecule has 0 amide bonds. The van der Waals surface area contributed by atoms with Crippen molar-refractivity contribution in [1.29, 1.82) is 0 Å². The molecule has 2 N–H and O–H groups in total. The molecule has 6 nitrogen and oxygen atoms in total. The van der Waals surface area contributed by atoms with E-state index in [2.05, 4.69) is 10.4 Å². The molecule has 4 rings (SSSR count). The van der Waals surface area contributed by atoms with Crippen LogP contribution in [0.15, 0.2) is 65.5 Å². The van der Waals surface area contributed by atoms with Gasteiger partial charge in [0.1, 0.15) is 11.2 Å². The van der Waals surface area contributed by atoms with Gasteiger partial charge in [-0.05, 0) is 49.4 Å². The van der Waals surface area contributed by atoms with E-state index in [1.54, 1.807) is 43.3 Å². The SMILES string of the molecule is CC1(C(=O)O)C=C(c2cc(-c3ccc(Cl)cc3)nn(-c3cccc(F)c3)c2=O)NC1. The molecule has 1 aliphatic heterocycles. The molecular formula is C22H17ClFN3O3. The average molecular weight is 426 g/mol. The van der Waals surface area contributed by atoms with E-state index in [0.29, 0.717) is 22.0 Å². The molecule has 3 aromatic rings. The van der Waals surface area contributed by atoms with Crippen LogP contribution in [-0.2, 0) is 4.79 Å². The van der Waals surface area contributed by atoms with Crippen molar-refractivity contribution in [2.24, 2.45) is 5.41 Å². The number of nitrogens with one attached hydrogen (secondary N) is 1. The Hall–Kier alpha value is -3.45. The molecule has 0 radical (unpaired) electrons. The van der Waals surface area contributed by atoms with Gasteiger partial charge in [0.05, 0.1) is 16.9 Å². The van der Waals surface area contributed by atoms with Crippen molar-refractivity contribution in [3.8, 4) is 16.9 Å². The molecule has 1 atom stereocenters. The number of nitrogens with zero attached hydrogens (tertiary/aromatic N) is 2. The second kappa shape index (κ2) is 7.42. The number of carboxylic acids is 1. The van der Waals surface area contributed by atoms with Crippen LogP contribution in [0.25, 0.3) is 22.6 Å². The summed E-state index contributed by atoms with van der Waals surface area (Å²) in [6, 6.07) is 14.0. The van der Waals surface area contributed by atoms with Gasteiger partial charge in [0.25, 0.3) is 5.56 Å². The van der Waals surface area contributed by atoms with Crippen molar-refractivity contribution in [2.75, 3.05) is 6.54 Å². The van der Waals surface area contributed by atoms with E-state index in [9.17, 15) is 19.1 Å². The zero-order valence-electron chi connectivity index (χ0n) is 15.9. The first-order chi connectivity index (χ1) is 14.3. The number of carboxylic acid groups (broad SMARTS) is 1. The topological polar surface area (TPSA) is 84.2 Å². The summed E-state index contributed by atoms with van der Waals surface area (Å²) in [5, 5.41) is 17.5. The third-order valence-electron chi connectivity index (χ3n) is 4.99. The maximum Gasteiger partial charge on any atom is 0.315 e. The third kappa shape index (κ3) is 3.59. The number of benzene rings is 2. The van der Waals surface area contributed by atoms with Crippen LogP contribution in [0.4, 0.5) is 4.39 Å². The molecule has 0 saturated carbocycles. The van der Waals surface area contributed by atoms with Crippen LogP contribution in [-0.4, -0.2) is 27.4 Å². The lowest BCUT2D eigenvalue weighted by molar-refractivity contribution is -0.144. The lowest BCUT2D eigenvalue weighted by Gasteiger charge is -2.13. The second-order valence-corrected chi connectivity index (χ2v) is 7.72. The molecular weight excluding hydrogens is 409 g/mol. The van der Waals surface area contributed by atoms with Crippen molar-refractivity contribution in [3.63, 3.8) is 0 Å². The number of halogens is 2. The van der Waals surface area contributed by atoms with Crippen LogP contribution >= 0.6 is 11.6 Å². The first kappa shape index (κ1) is 19.8. The van der Waals surface area contributed by atoms with Gasteiger partial charge in [0, 0.05) is 22.8 Å². The highest BCUT2D eigenvalue weighted by atomic mass is 35.5. The number of aliphatic carboxylic acids is 1. The van der Waals surface area contributed by atoms with E-state index >= 15 is 0 Å². The molecule has 8 heteroatoms. The Morgan fingerprint density at radius 2 is 1.97 bits per heavy atom. The highest BCUT2D eigenvalue weighted by molar-refractivity contribution is 6.30. The lowest BCUT2D eigenvalue weighted by atomic mass is 9.92. The molecule has 0 aliphatic carbocycles. The predicted octanol–water partition coefficient (Wildman–Crippen LogP) is 3.73. The van der Waals surface area contributed by atoms with Gasteiger partial charge in [-0.3, -0.25) is 9.59 Å². The van der Waals surface area contributed by atoms with E-state index in [4.69, 9.17) is 11.6 Å². The fourth-order valence-corrected chi connectivity index (χ4v) is 3.37. The third-order valence-corrected chi connectivity index (χ3v) is 5.24. The minimum absolute atomic E-state index is 0.148. The minimum Gasteiger partial charge on any atom is -0.481 e. The normalized spacial score (nSPS) is 18.0. The maximum absolute atomic E-state index is 13.8. The molecule has 1 unspecified atom stereocenters. The highest BCUT2D eigenvalue weighted by Crippen LogP contribution is 2.30. The van der Waals surface area contributed by atoms with Crippen molar-refractivity contribution >= 4 is 23.3 Å². The quantitative estimate of drug-likeness (QED) is 0.665. The van der Waals surface area contributed by atoms with Crippen molar-refractivity contribution in [2.45, 2.75) is 6.92 Å². The van der Waals surface area contributed by atoms with Gasteiger partial charge >= 0.3 is 5.97 Å². The summed E-state index contributed by atoms with van der Waals surface area (Å²) in [6.45, 7) is 1.72. The summed E-state index contributed by atoms with van der Waals surface area (Å²) in [5.41, 5.74) is 0.414. The van der Waals surface area contributed by atoms with Crippen LogP contribution < -0.4 is 10.9 Å². The smallest absolute Gasteiger partial charge is 0.315 e. The van der Waals surface area contributed by atoms with E-state index < -0.39 is 22.8 Å². The largest absolute Gasteiger partial charge is 0.481 e. The van der Waals surface area contributed by atoms with E-state index in [-0.39, 0.29) is 17.8 Å². The van der Waals surface area contributed by atoms with Crippen LogP contribution in [0, 0.1) is 11.2 Å². The molecule has 30 heavy (non-hydrogen) atoms. The fraction of sp³-hybridized carbons (Fsp3) is 0.136. The van der Waals surface area contributed by atoms with Crippen LogP contribution in [0.2, 0.25) is 5.02 Å². The molecule has 2 aromatic carbocycles. The molecule has 2 heterocycles. The summed E-state index contributed by atoms with van der Waals surface area (Å²) < 4.78 is 14.9. The van der Waals surface area contributed by atoms with Crippen molar-refractivity contribution < 1.29 is 14.3 Å². The van der Waals surface area contributed by atoms with Crippen LogP contribution in [0.5, 0.6) is 0 Å². The fourth-order valence-electron chi connectivity index (χ4n) is 3.24. The Kier molecular flexibility index (Phi) is 4.91. The van der Waals surface area contributed by atoms with Crippen molar-refractivity contribution in [3.05, 3.63) is 87.4 Å². The highest BCUT2D eigenvalue weighted by Gasteiger charge is 2.36. The first-order valence-corrected chi connectivity index (χ1v) is 9.51. The van der Waals surface area contributed by atoms with E-state index in [1.165, 1.54) is 24.3 Å². The lowest BCUT2D eigenvalue weighted by Crippen LogP contribution is -2.30. The molecule has 0 fully saturated rings. The average Bonchev–Trinajstić information content (AvgIpc) is 3.12. The van der Waals surface area contributed by atoms with Gasteiger partial charge in [-0.1, -0.05) is 29.8 Å². The summed E-state index contributed by atoms with van der Waals surface area (Å²) in [6.07, 6.45) is 1.52. The number of rotatable bonds is 4. The molecule has 1 aromatic heterocycles. The number of carbonyl (C=O) groups is 1. The Morgan fingerprint density at radius 3 is 2.60 bits per heavy atom. The molecule has 1 aliphatic rings. The molecule has 0 spiro atoms. The van der Waals surface area contributed by atoms with Gasteiger partial charge in [0.2, 0.25) is 0 Å². The Balaban J connectivity index is 1.95. The molecule has 152 valence electrons. The maximum atomic E-state index is 13.8. The molecule has 0 saturated heterocycles. The van der Waals surface area contributed by atoms with Crippen molar-refractivity contribution in [1.82, 2.24) is 15.1 Å². The summed E-state index contributed by atoms with van der Waals surface area (Å²) >= 11 is 5.97. The molecule has 0 bridgehead atoms. The standard InChI is InChI=1S/C22H17ClFN3O3/c1-22(21(29)30)11-19(25-12-22)17-10-18(13-5-7-14(23)8-6-13)26-27(20(17)28)16-4-2-3-15(24)9-16/h2-11,25H,12H2,1H3,(H,29,30). The van der Waals surface area contributed by atoms with Gasteiger partial charge < -0.3 is 10.4 Å². The predicted molar refractivity (Wildman–Crippen MR) is 112 cm³/mol. The monoisotopic (exact) mass is 425 g/mol. The van der Waals surface area contributed by atoms with Gasteiger partial charge in [-0.2, -0.15) is 9.78 Å². The Labute approximate surface area is 176 Å². The van der Waals surface area contributed by atoms with Gasteiger partial charge in [-0.15, -0.1) is 0 Å². The second-order valence-electron chi connectivity index (χ2n) is 7.28. The first-order valence-electron chi connectivity index (χ1n) is 9.14. The summed E-state index contributed by atoms with van der Waals surface area (Å²) in [4.78, 5) is 24.8. The number of hydrogen-bond donors (Lipinski definition) is 2.